The Morgan fingerprint density at radius 2 is 1.84 bits per heavy atom. The third kappa shape index (κ3) is 3.54. The Hall–Kier alpha value is -1.89. The lowest BCUT2D eigenvalue weighted by Gasteiger charge is -2.05. The van der Waals surface area contributed by atoms with Gasteiger partial charge in [0.1, 0.15) is 5.75 Å². The van der Waals surface area contributed by atoms with Crippen LogP contribution in [0.25, 0.3) is 5.57 Å². The summed E-state index contributed by atoms with van der Waals surface area (Å²) in [5.41, 5.74) is 5.13. The maximum Gasteiger partial charge on any atom is 0.119 e. The summed E-state index contributed by atoms with van der Waals surface area (Å²) in [6.45, 7) is 5.68. The van der Waals surface area contributed by atoms with E-state index in [0.29, 0.717) is 0 Å². The van der Waals surface area contributed by atoms with Gasteiger partial charge in [0.25, 0.3) is 0 Å². The van der Waals surface area contributed by atoms with Crippen LogP contribution in [-0.4, -0.2) is 7.11 Å². The molecule has 0 aliphatic rings. The van der Waals surface area contributed by atoms with Crippen LogP contribution >= 0.6 is 11.8 Å². The van der Waals surface area contributed by atoms with Gasteiger partial charge in [-0.2, -0.15) is 0 Å². The molecule has 19 heavy (non-hydrogen) atoms. The molecule has 2 heteroatoms. The van der Waals surface area contributed by atoms with Crippen LogP contribution in [-0.2, 0) is 0 Å². The smallest absolute Gasteiger partial charge is 0.119 e. The summed E-state index contributed by atoms with van der Waals surface area (Å²) >= 11 is 1.72. The zero-order chi connectivity index (χ0) is 13.7. The highest BCUT2D eigenvalue weighted by Gasteiger charge is 2.00. The second-order valence-electron chi connectivity index (χ2n) is 4.11. The van der Waals surface area contributed by atoms with Gasteiger partial charge in [-0.15, -0.1) is 5.73 Å². The molecular formula is C17H16OS. The van der Waals surface area contributed by atoms with Crippen molar-refractivity contribution in [2.24, 2.45) is 0 Å². The number of hydrogen-bond acceptors (Lipinski definition) is 2. The van der Waals surface area contributed by atoms with Gasteiger partial charge < -0.3 is 4.74 Å². The van der Waals surface area contributed by atoms with Gasteiger partial charge in [0.15, 0.2) is 0 Å². The third-order valence-electron chi connectivity index (χ3n) is 2.83. The lowest BCUT2D eigenvalue weighted by atomic mass is 10.1. The summed E-state index contributed by atoms with van der Waals surface area (Å²) in [7, 11) is 1.68. The van der Waals surface area contributed by atoms with Crippen LogP contribution in [0.5, 0.6) is 5.75 Å². The first-order valence-electron chi connectivity index (χ1n) is 6.02. The van der Waals surface area contributed by atoms with Gasteiger partial charge in [-0.05, 0) is 48.4 Å². The minimum Gasteiger partial charge on any atom is -0.497 e. The summed E-state index contributed by atoms with van der Waals surface area (Å²) in [6, 6.07) is 16.5. The molecular weight excluding hydrogens is 252 g/mol. The quantitative estimate of drug-likeness (QED) is 0.719. The minimum atomic E-state index is 0.882. The molecule has 0 atom stereocenters. The first-order valence-corrected chi connectivity index (χ1v) is 6.83. The fourth-order valence-corrected chi connectivity index (χ4v) is 2.54. The number of allylic oxidation sites excluding steroid dienone is 1. The van der Waals surface area contributed by atoms with Gasteiger partial charge in [-0.25, -0.2) is 0 Å². The predicted octanol–water partition coefficient (Wildman–Crippen LogP) is 5.03. The van der Waals surface area contributed by atoms with E-state index >= 15 is 0 Å². The van der Waals surface area contributed by atoms with Crippen molar-refractivity contribution in [3.63, 3.8) is 0 Å². The van der Waals surface area contributed by atoms with Gasteiger partial charge in [-0.3, -0.25) is 0 Å². The zero-order valence-electron chi connectivity index (χ0n) is 11.1. The molecule has 96 valence electrons. The first-order chi connectivity index (χ1) is 9.22. The molecule has 0 fully saturated rings. The monoisotopic (exact) mass is 268 g/mol. The molecule has 0 bridgehead atoms. The molecule has 0 aliphatic heterocycles. The molecule has 0 amide bonds. The normalized spacial score (nSPS) is 9.79. The van der Waals surface area contributed by atoms with Crippen LogP contribution in [0.15, 0.2) is 70.6 Å². The fraction of sp³-hybridized carbons (Fsp3) is 0.118. The van der Waals surface area contributed by atoms with Crippen LogP contribution in [0.1, 0.15) is 12.5 Å². The van der Waals surface area contributed by atoms with E-state index < -0.39 is 0 Å². The van der Waals surface area contributed by atoms with Crippen molar-refractivity contribution in [3.8, 4) is 5.75 Å². The predicted molar refractivity (Wildman–Crippen MR) is 81.8 cm³/mol. The largest absolute Gasteiger partial charge is 0.497 e. The molecule has 2 aromatic carbocycles. The highest BCUT2D eigenvalue weighted by atomic mass is 32.2. The van der Waals surface area contributed by atoms with Crippen molar-refractivity contribution < 1.29 is 4.74 Å². The number of benzene rings is 2. The molecule has 0 radical (unpaired) electrons. The van der Waals surface area contributed by atoms with Crippen molar-refractivity contribution in [1.82, 2.24) is 0 Å². The molecule has 1 nitrogen and oxygen atoms in total. The Kier molecular flexibility index (Phi) is 4.51. The number of hydrogen-bond donors (Lipinski definition) is 0. The van der Waals surface area contributed by atoms with Crippen molar-refractivity contribution in [2.75, 3.05) is 7.11 Å². The molecule has 0 saturated heterocycles. The van der Waals surface area contributed by atoms with Gasteiger partial charge in [0, 0.05) is 9.79 Å². The Morgan fingerprint density at radius 1 is 1.11 bits per heavy atom. The Balaban J connectivity index is 2.17. The van der Waals surface area contributed by atoms with E-state index in [1.807, 2.05) is 25.1 Å². The summed E-state index contributed by atoms with van der Waals surface area (Å²) in [6.07, 6.45) is 0. The second kappa shape index (κ2) is 6.33. The van der Waals surface area contributed by atoms with E-state index in [-0.39, 0.29) is 0 Å². The Bertz CT molecular complexity index is 607. The van der Waals surface area contributed by atoms with E-state index in [0.717, 1.165) is 16.9 Å². The standard InChI is InChI=1S/C17H16OS/c1-4-13(2)14-8-10-16(11-9-14)19-17-7-5-6-15(12-17)18-3/h5-12H,1H2,2-3H3. The highest BCUT2D eigenvalue weighted by molar-refractivity contribution is 7.99. The van der Waals surface area contributed by atoms with Gasteiger partial charge >= 0.3 is 0 Å². The average molecular weight is 268 g/mol. The zero-order valence-corrected chi connectivity index (χ0v) is 12.0. The molecule has 0 N–H and O–H groups in total. The van der Waals surface area contributed by atoms with Crippen molar-refractivity contribution in [2.45, 2.75) is 16.7 Å². The molecule has 2 aromatic rings. The molecule has 0 unspecified atom stereocenters. The lowest BCUT2D eigenvalue weighted by molar-refractivity contribution is 0.413. The third-order valence-corrected chi connectivity index (χ3v) is 3.83. The summed E-state index contributed by atoms with van der Waals surface area (Å²) in [4.78, 5) is 2.37. The topological polar surface area (TPSA) is 9.23 Å². The van der Waals surface area contributed by atoms with Gasteiger partial charge in [0.05, 0.1) is 7.11 Å². The molecule has 2 rings (SSSR count). The molecule has 0 aliphatic carbocycles. The van der Waals surface area contributed by atoms with Crippen LogP contribution in [0, 0.1) is 0 Å². The molecule has 0 spiro atoms. The van der Waals surface area contributed by atoms with E-state index in [2.05, 4.69) is 42.6 Å². The summed E-state index contributed by atoms with van der Waals surface area (Å²) < 4.78 is 5.23. The Morgan fingerprint density at radius 3 is 2.47 bits per heavy atom. The van der Waals surface area contributed by atoms with Gasteiger partial charge in [0.2, 0.25) is 0 Å². The molecule has 0 saturated carbocycles. The van der Waals surface area contributed by atoms with E-state index in [4.69, 9.17) is 4.74 Å². The molecule has 0 aromatic heterocycles. The first kappa shape index (κ1) is 13.5. The van der Waals surface area contributed by atoms with Crippen molar-refractivity contribution in [3.05, 3.63) is 66.4 Å². The summed E-state index contributed by atoms with van der Waals surface area (Å²) in [5.74, 6) is 0.882. The number of rotatable bonds is 4. The average Bonchev–Trinajstić information content (AvgIpc) is 2.47. The number of ether oxygens (including phenoxy) is 1. The second-order valence-corrected chi connectivity index (χ2v) is 5.25. The van der Waals surface area contributed by atoms with Crippen molar-refractivity contribution in [1.29, 1.82) is 0 Å². The van der Waals surface area contributed by atoms with E-state index in [9.17, 15) is 0 Å². The van der Waals surface area contributed by atoms with Crippen LogP contribution in [0.4, 0.5) is 0 Å². The SMILES string of the molecule is C=C=C(C)c1ccc(Sc2cccc(OC)c2)cc1. The summed E-state index contributed by atoms with van der Waals surface area (Å²) in [5, 5.41) is 0. The van der Waals surface area contributed by atoms with Gasteiger partial charge in [-0.1, -0.05) is 36.5 Å². The highest BCUT2D eigenvalue weighted by Crippen LogP contribution is 2.30. The van der Waals surface area contributed by atoms with Crippen molar-refractivity contribution >= 4 is 17.3 Å². The molecule has 0 heterocycles. The fourth-order valence-electron chi connectivity index (χ4n) is 1.68. The van der Waals surface area contributed by atoms with Crippen LogP contribution in [0.2, 0.25) is 0 Å². The van der Waals surface area contributed by atoms with E-state index in [1.165, 1.54) is 9.79 Å². The number of methoxy groups -OCH3 is 1. The van der Waals surface area contributed by atoms with Crippen LogP contribution in [0.3, 0.4) is 0 Å². The van der Waals surface area contributed by atoms with Crippen LogP contribution < -0.4 is 4.74 Å². The minimum absolute atomic E-state index is 0.882. The van der Waals surface area contributed by atoms with E-state index in [1.54, 1.807) is 18.9 Å². The Labute approximate surface area is 118 Å². The lowest BCUT2D eigenvalue weighted by Crippen LogP contribution is -1.82. The maximum absolute atomic E-state index is 5.23. The maximum atomic E-state index is 5.23.